The fourth-order valence-corrected chi connectivity index (χ4v) is 5.62. The molecule has 3 amide bonds. The molecular weight excluding hydrogens is 590 g/mol. The normalized spacial score (nSPS) is 15.3. The van der Waals surface area contributed by atoms with Gasteiger partial charge in [0.25, 0.3) is 11.8 Å². The highest BCUT2D eigenvalue weighted by molar-refractivity contribution is 6.05. The summed E-state index contributed by atoms with van der Waals surface area (Å²) in [7, 11) is 4.58. The minimum Gasteiger partial charge on any atom is -0.493 e. The van der Waals surface area contributed by atoms with Crippen molar-refractivity contribution in [1.82, 2.24) is 9.47 Å². The first-order chi connectivity index (χ1) is 22.3. The number of benzene rings is 2. The molecule has 0 unspecified atom stereocenters. The predicted molar refractivity (Wildman–Crippen MR) is 174 cm³/mol. The number of unbranched alkanes of at least 4 members (excludes halogenated alkanes) is 2. The van der Waals surface area contributed by atoms with Crippen LogP contribution in [0.25, 0.3) is 0 Å². The van der Waals surface area contributed by atoms with E-state index in [4.69, 9.17) is 9.47 Å². The molecule has 12 heteroatoms. The number of amides is 3. The lowest BCUT2D eigenvalue weighted by Gasteiger charge is -2.32. The maximum atomic E-state index is 13.2. The summed E-state index contributed by atoms with van der Waals surface area (Å²) in [4.78, 5) is 56.7. The van der Waals surface area contributed by atoms with Crippen molar-refractivity contribution in [3.05, 3.63) is 65.5 Å². The molecule has 0 saturated carbocycles. The number of nitrogens with zero attached hydrogens (tertiary/aromatic N) is 3. The van der Waals surface area contributed by atoms with E-state index in [1.165, 1.54) is 7.11 Å². The van der Waals surface area contributed by atoms with E-state index < -0.39 is 5.97 Å². The largest absolute Gasteiger partial charge is 0.493 e. The smallest absolute Gasteiger partial charge is 0.337 e. The second-order valence-electron chi connectivity index (χ2n) is 11.3. The van der Waals surface area contributed by atoms with Crippen molar-refractivity contribution < 1.29 is 33.4 Å². The number of fused-ring (bicyclic) bond motifs is 2. The van der Waals surface area contributed by atoms with Crippen molar-refractivity contribution in [2.75, 3.05) is 38.0 Å². The van der Waals surface area contributed by atoms with E-state index in [0.29, 0.717) is 64.8 Å². The highest BCUT2D eigenvalue weighted by Gasteiger charge is 2.31. The Kier molecular flexibility index (Phi) is 10.4. The Morgan fingerprint density at radius 1 is 0.957 bits per heavy atom. The summed E-state index contributed by atoms with van der Waals surface area (Å²) in [6.45, 7) is 1.15. The van der Waals surface area contributed by atoms with Gasteiger partial charge in [0.2, 0.25) is 5.91 Å². The number of piperidine rings is 1. The zero-order valence-electron chi connectivity index (χ0n) is 26.3. The number of nitrogens with one attached hydrogen (secondary N) is 2. The van der Waals surface area contributed by atoms with E-state index in [2.05, 4.69) is 20.4 Å². The number of rotatable bonds is 12. The summed E-state index contributed by atoms with van der Waals surface area (Å²) in [5, 5.41) is 5.64. The number of carbonyl (C=O) groups excluding carboxylic acids is 4. The predicted octanol–water partition coefficient (Wildman–Crippen LogP) is 5.36. The Morgan fingerprint density at radius 2 is 1.76 bits per heavy atom. The minimum absolute atomic E-state index is 0.0229. The SMILES string of the molecule is COC(=O)c1ccc(NC(=O)c2cc(NC(=O)CCCCCOc3cc4c(cc3OC)C(=O)N3CCCC[C@@H]3C=N4)cn2C)cc1. The molecule has 1 fully saturated rings. The highest BCUT2D eigenvalue weighted by atomic mass is 16.5. The first-order valence-corrected chi connectivity index (χ1v) is 15.4. The zero-order chi connectivity index (χ0) is 32.6. The van der Waals surface area contributed by atoms with Crippen LogP contribution in [0.5, 0.6) is 11.5 Å². The zero-order valence-corrected chi connectivity index (χ0v) is 26.3. The van der Waals surface area contributed by atoms with Crippen LogP contribution in [0.3, 0.4) is 0 Å². The number of carbonyl (C=O) groups is 4. The van der Waals surface area contributed by atoms with Crippen LogP contribution in [0.2, 0.25) is 0 Å². The van der Waals surface area contributed by atoms with E-state index >= 15 is 0 Å². The molecule has 3 aromatic rings. The van der Waals surface area contributed by atoms with Crippen LogP contribution < -0.4 is 20.1 Å². The van der Waals surface area contributed by atoms with E-state index in [9.17, 15) is 19.2 Å². The third kappa shape index (κ3) is 7.56. The number of methoxy groups -OCH3 is 2. The molecule has 2 aromatic carbocycles. The second kappa shape index (κ2) is 14.8. The molecule has 3 heterocycles. The van der Waals surface area contributed by atoms with Crippen LogP contribution in [0.1, 0.15) is 76.2 Å². The van der Waals surface area contributed by atoms with Gasteiger partial charge < -0.3 is 34.3 Å². The summed E-state index contributed by atoms with van der Waals surface area (Å²) < 4.78 is 17.9. The molecule has 2 N–H and O–H groups in total. The Balaban J connectivity index is 1.06. The first kappa shape index (κ1) is 32.3. The lowest BCUT2D eigenvalue weighted by molar-refractivity contribution is -0.116. The van der Waals surface area contributed by atoms with Gasteiger partial charge in [0, 0.05) is 44.2 Å². The van der Waals surface area contributed by atoms with Gasteiger partial charge in [0.15, 0.2) is 11.5 Å². The van der Waals surface area contributed by atoms with Crippen molar-refractivity contribution in [1.29, 1.82) is 0 Å². The summed E-state index contributed by atoms with van der Waals surface area (Å²) in [6, 6.07) is 11.5. The molecule has 5 rings (SSSR count). The molecule has 1 saturated heterocycles. The van der Waals surface area contributed by atoms with Gasteiger partial charge in [-0.25, -0.2) is 4.79 Å². The van der Waals surface area contributed by atoms with Crippen molar-refractivity contribution >= 4 is 47.0 Å². The monoisotopic (exact) mass is 629 g/mol. The summed E-state index contributed by atoms with van der Waals surface area (Å²) in [5.41, 5.74) is 2.90. The number of hydrogen-bond donors (Lipinski definition) is 2. The number of hydrogen-bond acceptors (Lipinski definition) is 8. The average Bonchev–Trinajstić information content (AvgIpc) is 3.37. The van der Waals surface area contributed by atoms with Crippen molar-refractivity contribution in [2.45, 2.75) is 51.0 Å². The van der Waals surface area contributed by atoms with E-state index in [-0.39, 0.29) is 23.8 Å². The number of aromatic nitrogens is 1. The summed E-state index contributed by atoms with van der Waals surface area (Å²) in [6.07, 6.45) is 9.02. The number of anilines is 2. The molecule has 2 aliphatic rings. The van der Waals surface area contributed by atoms with E-state index in [1.54, 1.807) is 67.4 Å². The van der Waals surface area contributed by atoms with Crippen LogP contribution in [0.15, 0.2) is 53.7 Å². The fraction of sp³-hybridized carbons (Fsp3) is 0.382. The van der Waals surface area contributed by atoms with Gasteiger partial charge >= 0.3 is 5.97 Å². The molecule has 1 atom stereocenters. The van der Waals surface area contributed by atoms with Gasteiger partial charge in [-0.1, -0.05) is 0 Å². The molecule has 1 aromatic heterocycles. The number of esters is 1. The van der Waals surface area contributed by atoms with Gasteiger partial charge in [0.05, 0.1) is 49.4 Å². The van der Waals surface area contributed by atoms with Crippen LogP contribution >= 0.6 is 0 Å². The van der Waals surface area contributed by atoms with Crippen LogP contribution in [0, 0.1) is 0 Å². The maximum absolute atomic E-state index is 13.2. The molecule has 0 radical (unpaired) electrons. The summed E-state index contributed by atoms with van der Waals surface area (Å²) >= 11 is 0. The molecule has 0 bridgehead atoms. The Hall–Kier alpha value is -5.13. The molecule has 242 valence electrons. The van der Waals surface area contributed by atoms with Crippen LogP contribution in [-0.2, 0) is 16.6 Å². The average molecular weight is 630 g/mol. The minimum atomic E-state index is -0.458. The fourth-order valence-electron chi connectivity index (χ4n) is 5.62. The van der Waals surface area contributed by atoms with E-state index in [1.807, 2.05) is 11.1 Å². The third-order valence-electron chi connectivity index (χ3n) is 8.10. The lowest BCUT2D eigenvalue weighted by atomic mass is 10.0. The molecule has 12 nitrogen and oxygen atoms in total. The second-order valence-corrected chi connectivity index (χ2v) is 11.3. The number of aliphatic imine (C=N–C) groups is 1. The van der Waals surface area contributed by atoms with Gasteiger partial charge in [-0.05, 0) is 74.9 Å². The molecule has 2 aliphatic heterocycles. The van der Waals surface area contributed by atoms with Gasteiger partial charge in [-0.2, -0.15) is 0 Å². The van der Waals surface area contributed by atoms with E-state index in [0.717, 1.165) is 38.6 Å². The van der Waals surface area contributed by atoms with Crippen molar-refractivity contribution in [3.8, 4) is 11.5 Å². The standard InChI is InChI=1S/C34H39N5O7/c1-38-21-24(17-28(38)32(41)37-23-13-11-22(12-14-23)34(43)45-3)36-31(40)10-5-4-8-16-46-30-19-27-26(18-29(30)44-2)33(42)39-15-7-6-9-25(39)20-35-27/h11-14,17-21,25H,4-10,15-16H2,1-3H3,(H,36,40)(H,37,41)/t25-/m1/s1. The maximum Gasteiger partial charge on any atom is 0.337 e. The third-order valence-corrected chi connectivity index (χ3v) is 8.10. The first-order valence-electron chi connectivity index (χ1n) is 15.4. The molecule has 0 aliphatic carbocycles. The van der Waals surface area contributed by atoms with Crippen molar-refractivity contribution in [3.63, 3.8) is 0 Å². The van der Waals surface area contributed by atoms with Crippen LogP contribution in [0.4, 0.5) is 17.1 Å². The molecule has 46 heavy (non-hydrogen) atoms. The summed E-state index contributed by atoms with van der Waals surface area (Å²) in [5.74, 6) is 0.0350. The van der Waals surface area contributed by atoms with Gasteiger partial charge in [-0.3, -0.25) is 19.4 Å². The van der Waals surface area contributed by atoms with Gasteiger partial charge in [0.1, 0.15) is 5.69 Å². The molecular formula is C34H39N5O7. The van der Waals surface area contributed by atoms with Gasteiger partial charge in [-0.15, -0.1) is 0 Å². The highest BCUT2D eigenvalue weighted by Crippen LogP contribution is 2.38. The Labute approximate surface area is 267 Å². The quantitative estimate of drug-likeness (QED) is 0.203. The number of ether oxygens (including phenoxy) is 3. The topological polar surface area (TPSA) is 141 Å². The Bertz CT molecular complexity index is 1630. The lowest BCUT2D eigenvalue weighted by Crippen LogP contribution is -2.43. The number of aryl methyl sites for hydroxylation is 1. The van der Waals surface area contributed by atoms with Crippen LogP contribution in [-0.4, -0.2) is 72.8 Å². The van der Waals surface area contributed by atoms with Crippen molar-refractivity contribution in [2.24, 2.45) is 12.0 Å². The molecule has 0 spiro atoms. The Morgan fingerprint density at radius 3 is 2.52 bits per heavy atom.